The Morgan fingerprint density at radius 2 is 2.14 bits per heavy atom. The van der Waals surface area contributed by atoms with E-state index in [1.54, 1.807) is 23.1 Å². The standard InChI is InChI=1S/C15H16N2O3.ClH/c16-8-10-5-6-17(9-10)14(18)12-7-11-3-1-2-4-13(11)20-15(12)19;/h1-4,7,10H,5-6,8-9,16H2;1H. The zero-order valence-electron chi connectivity index (χ0n) is 11.5. The van der Waals surface area contributed by atoms with Gasteiger partial charge in [-0.15, -0.1) is 12.4 Å². The number of likely N-dealkylation sites (tertiary alicyclic amines) is 1. The summed E-state index contributed by atoms with van der Waals surface area (Å²) in [6.45, 7) is 1.82. The van der Waals surface area contributed by atoms with Crippen molar-refractivity contribution in [3.05, 3.63) is 46.3 Å². The smallest absolute Gasteiger partial charge is 0.349 e. The summed E-state index contributed by atoms with van der Waals surface area (Å²) in [4.78, 5) is 26.0. The molecule has 0 aliphatic carbocycles. The topological polar surface area (TPSA) is 76.5 Å². The lowest BCUT2D eigenvalue weighted by molar-refractivity contribution is 0.0783. The van der Waals surface area contributed by atoms with Crippen LogP contribution in [-0.4, -0.2) is 30.4 Å². The van der Waals surface area contributed by atoms with Crippen LogP contribution in [-0.2, 0) is 0 Å². The van der Waals surface area contributed by atoms with Gasteiger partial charge in [-0.05, 0) is 31.0 Å². The molecule has 1 aliphatic heterocycles. The number of nitrogens with two attached hydrogens (primary N) is 1. The molecular formula is C15H17ClN2O3. The Morgan fingerprint density at radius 1 is 1.38 bits per heavy atom. The van der Waals surface area contributed by atoms with E-state index in [1.165, 1.54) is 0 Å². The van der Waals surface area contributed by atoms with Gasteiger partial charge in [0.05, 0.1) is 0 Å². The number of carbonyl (C=O) groups is 1. The van der Waals surface area contributed by atoms with E-state index in [2.05, 4.69) is 0 Å². The molecule has 3 rings (SSSR count). The van der Waals surface area contributed by atoms with E-state index in [0.29, 0.717) is 31.1 Å². The molecule has 1 aliphatic rings. The number of amides is 1. The highest BCUT2D eigenvalue weighted by molar-refractivity contribution is 5.96. The Labute approximate surface area is 128 Å². The zero-order valence-corrected chi connectivity index (χ0v) is 12.3. The van der Waals surface area contributed by atoms with Gasteiger partial charge in [-0.1, -0.05) is 18.2 Å². The molecule has 1 aromatic carbocycles. The van der Waals surface area contributed by atoms with Crippen LogP contribution in [0.4, 0.5) is 0 Å². The fourth-order valence-corrected chi connectivity index (χ4v) is 2.59. The summed E-state index contributed by atoms with van der Waals surface area (Å²) in [5, 5.41) is 0.755. The maximum absolute atomic E-state index is 12.4. The summed E-state index contributed by atoms with van der Waals surface area (Å²) in [7, 11) is 0. The van der Waals surface area contributed by atoms with Gasteiger partial charge >= 0.3 is 5.63 Å². The maximum Gasteiger partial charge on any atom is 0.349 e. The molecule has 1 amide bonds. The predicted molar refractivity (Wildman–Crippen MR) is 82.8 cm³/mol. The first-order valence-corrected chi connectivity index (χ1v) is 6.71. The monoisotopic (exact) mass is 308 g/mol. The maximum atomic E-state index is 12.4. The Bertz CT molecular complexity index is 713. The molecule has 2 aromatic rings. The van der Waals surface area contributed by atoms with Crippen molar-refractivity contribution in [3.8, 4) is 0 Å². The molecule has 2 heterocycles. The lowest BCUT2D eigenvalue weighted by atomic mass is 10.1. The zero-order chi connectivity index (χ0) is 14.1. The van der Waals surface area contributed by atoms with Gasteiger partial charge in [0, 0.05) is 18.5 Å². The molecule has 5 nitrogen and oxygen atoms in total. The number of nitrogens with zero attached hydrogens (tertiary/aromatic N) is 1. The van der Waals surface area contributed by atoms with Crippen molar-refractivity contribution in [2.24, 2.45) is 11.7 Å². The Balaban J connectivity index is 0.00000161. The van der Waals surface area contributed by atoms with Crippen molar-refractivity contribution < 1.29 is 9.21 Å². The summed E-state index contributed by atoms with van der Waals surface area (Å²) in [5.41, 5.74) is 5.64. The summed E-state index contributed by atoms with van der Waals surface area (Å²) in [5.74, 6) is 0.0619. The molecule has 21 heavy (non-hydrogen) atoms. The van der Waals surface area contributed by atoms with Crippen molar-refractivity contribution in [1.29, 1.82) is 0 Å². The molecule has 0 bridgehead atoms. The Morgan fingerprint density at radius 3 is 2.86 bits per heavy atom. The van der Waals surface area contributed by atoms with Crippen molar-refractivity contribution in [2.45, 2.75) is 6.42 Å². The number of hydrogen-bond acceptors (Lipinski definition) is 4. The van der Waals surface area contributed by atoms with Crippen LogP contribution in [0.2, 0.25) is 0 Å². The molecule has 0 saturated carbocycles. The van der Waals surface area contributed by atoms with Crippen LogP contribution >= 0.6 is 12.4 Å². The van der Waals surface area contributed by atoms with Gasteiger partial charge in [0.1, 0.15) is 11.1 Å². The average Bonchev–Trinajstić information content (AvgIpc) is 2.94. The molecule has 2 N–H and O–H groups in total. The van der Waals surface area contributed by atoms with E-state index in [9.17, 15) is 9.59 Å². The van der Waals surface area contributed by atoms with E-state index < -0.39 is 5.63 Å². The van der Waals surface area contributed by atoms with Crippen LogP contribution in [0, 0.1) is 5.92 Å². The van der Waals surface area contributed by atoms with Crippen LogP contribution in [0.3, 0.4) is 0 Å². The number of hydrogen-bond donors (Lipinski definition) is 1. The molecule has 0 radical (unpaired) electrons. The summed E-state index contributed by atoms with van der Waals surface area (Å²) >= 11 is 0. The van der Waals surface area contributed by atoms with Gasteiger partial charge in [-0.2, -0.15) is 0 Å². The molecule has 6 heteroatoms. The Hall–Kier alpha value is -1.85. The second kappa shape index (κ2) is 6.28. The minimum atomic E-state index is -0.579. The number of fused-ring (bicyclic) bond motifs is 1. The SMILES string of the molecule is Cl.NCC1CCN(C(=O)c2cc3ccccc3oc2=O)C1. The van der Waals surface area contributed by atoms with Gasteiger partial charge in [-0.3, -0.25) is 4.79 Å². The van der Waals surface area contributed by atoms with Gasteiger partial charge < -0.3 is 15.1 Å². The molecule has 112 valence electrons. The number of rotatable bonds is 2. The third-order valence-corrected chi connectivity index (χ3v) is 3.78. The van der Waals surface area contributed by atoms with E-state index in [1.807, 2.05) is 12.1 Å². The lowest BCUT2D eigenvalue weighted by Gasteiger charge is -2.15. The van der Waals surface area contributed by atoms with Crippen LogP contribution in [0.15, 0.2) is 39.5 Å². The minimum absolute atomic E-state index is 0. The van der Waals surface area contributed by atoms with E-state index in [4.69, 9.17) is 10.2 Å². The first kappa shape index (κ1) is 15.5. The first-order valence-electron chi connectivity index (χ1n) is 6.71. The summed E-state index contributed by atoms with van der Waals surface area (Å²) in [6.07, 6.45) is 0.890. The number of benzene rings is 1. The van der Waals surface area contributed by atoms with E-state index in [0.717, 1.165) is 11.8 Å². The highest BCUT2D eigenvalue weighted by atomic mass is 35.5. The fourth-order valence-electron chi connectivity index (χ4n) is 2.59. The molecule has 1 atom stereocenters. The quantitative estimate of drug-likeness (QED) is 0.856. The fraction of sp³-hybridized carbons (Fsp3) is 0.333. The lowest BCUT2D eigenvalue weighted by Crippen LogP contribution is -2.33. The molecular weight excluding hydrogens is 292 g/mol. The van der Waals surface area contributed by atoms with Crippen LogP contribution in [0.5, 0.6) is 0 Å². The normalized spacial score (nSPS) is 17.8. The molecule has 0 spiro atoms. The predicted octanol–water partition coefficient (Wildman–Crippen LogP) is 1.64. The van der Waals surface area contributed by atoms with Crippen molar-refractivity contribution in [3.63, 3.8) is 0 Å². The third-order valence-electron chi connectivity index (χ3n) is 3.78. The van der Waals surface area contributed by atoms with Crippen LogP contribution in [0.25, 0.3) is 11.0 Å². The summed E-state index contributed by atoms with van der Waals surface area (Å²) in [6, 6.07) is 8.78. The van der Waals surface area contributed by atoms with Crippen molar-refractivity contribution >= 4 is 29.3 Å². The number of para-hydroxylation sites is 1. The van der Waals surface area contributed by atoms with Crippen molar-refractivity contribution in [2.75, 3.05) is 19.6 Å². The second-order valence-corrected chi connectivity index (χ2v) is 5.13. The van der Waals surface area contributed by atoms with Gasteiger partial charge in [0.25, 0.3) is 5.91 Å². The first-order chi connectivity index (χ1) is 9.69. The van der Waals surface area contributed by atoms with Gasteiger partial charge in [-0.25, -0.2) is 4.79 Å². The Kier molecular flexibility index (Phi) is 4.65. The highest BCUT2D eigenvalue weighted by Gasteiger charge is 2.28. The van der Waals surface area contributed by atoms with Crippen molar-refractivity contribution in [1.82, 2.24) is 4.90 Å². The average molecular weight is 309 g/mol. The van der Waals surface area contributed by atoms with E-state index in [-0.39, 0.29) is 23.9 Å². The molecule has 1 aromatic heterocycles. The van der Waals surface area contributed by atoms with Crippen LogP contribution in [0.1, 0.15) is 16.8 Å². The largest absolute Gasteiger partial charge is 0.422 e. The van der Waals surface area contributed by atoms with Gasteiger partial charge in [0.2, 0.25) is 0 Å². The third kappa shape index (κ3) is 2.94. The summed E-state index contributed by atoms with van der Waals surface area (Å²) < 4.78 is 5.20. The number of halogens is 1. The second-order valence-electron chi connectivity index (χ2n) is 5.13. The van der Waals surface area contributed by atoms with E-state index >= 15 is 0 Å². The molecule has 1 saturated heterocycles. The highest BCUT2D eigenvalue weighted by Crippen LogP contribution is 2.18. The van der Waals surface area contributed by atoms with Crippen LogP contribution < -0.4 is 11.4 Å². The minimum Gasteiger partial charge on any atom is -0.422 e. The number of carbonyl (C=O) groups excluding carboxylic acids is 1. The molecule has 1 unspecified atom stereocenters. The van der Waals surface area contributed by atoms with Gasteiger partial charge in [0.15, 0.2) is 0 Å². The molecule has 1 fully saturated rings.